The summed E-state index contributed by atoms with van der Waals surface area (Å²) in [5, 5.41) is 0.561. The number of hydrogen-bond acceptors (Lipinski definition) is 4. The summed E-state index contributed by atoms with van der Waals surface area (Å²) in [5.74, 6) is 0.826. The predicted octanol–water partition coefficient (Wildman–Crippen LogP) is 4.75. The van der Waals surface area contributed by atoms with E-state index in [1.165, 1.54) is 30.7 Å². The van der Waals surface area contributed by atoms with E-state index in [1.54, 1.807) is 24.3 Å². The van der Waals surface area contributed by atoms with Gasteiger partial charge in [0.1, 0.15) is 0 Å². The Morgan fingerprint density at radius 1 is 0.793 bits per heavy atom. The van der Waals surface area contributed by atoms with Gasteiger partial charge in [0.2, 0.25) is 10.0 Å². The Morgan fingerprint density at radius 3 is 2.10 bits per heavy atom. The van der Waals surface area contributed by atoms with Crippen LogP contribution in [0.5, 0.6) is 11.5 Å². The van der Waals surface area contributed by atoms with Crippen LogP contribution in [0.4, 0.5) is 0 Å². The fourth-order valence-corrected chi connectivity index (χ4v) is 4.62. The highest BCUT2D eigenvalue weighted by Gasteiger charge is 2.26. The fourth-order valence-electron chi connectivity index (χ4n) is 2.98. The van der Waals surface area contributed by atoms with Crippen LogP contribution in [0.1, 0.15) is 11.1 Å². The molecule has 0 aliphatic heterocycles. The highest BCUT2D eigenvalue weighted by molar-refractivity contribution is 7.89. The van der Waals surface area contributed by atoms with Gasteiger partial charge in [0, 0.05) is 24.2 Å². The number of ether oxygens (including phenoxy) is 2. The van der Waals surface area contributed by atoms with E-state index in [2.05, 4.69) is 0 Å². The van der Waals surface area contributed by atoms with Crippen LogP contribution in [0.3, 0.4) is 0 Å². The van der Waals surface area contributed by atoms with Crippen molar-refractivity contribution in [2.45, 2.75) is 18.0 Å². The monoisotopic (exact) mass is 431 g/mol. The Kier molecular flexibility index (Phi) is 6.79. The summed E-state index contributed by atoms with van der Waals surface area (Å²) in [5.41, 5.74) is 1.69. The molecule has 0 bridgehead atoms. The molecule has 0 unspecified atom stereocenters. The van der Waals surface area contributed by atoms with Crippen molar-refractivity contribution in [3.63, 3.8) is 0 Å². The van der Waals surface area contributed by atoms with E-state index < -0.39 is 10.0 Å². The van der Waals surface area contributed by atoms with E-state index >= 15 is 0 Å². The zero-order valence-electron chi connectivity index (χ0n) is 16.2. The Labute approximate surface area is 176 Å². The molecule has 0 atom stereocenters. The van der Waals surface area contributed by atoms with Crippen LogP contribution in [0.15, 0.2) is 77.7 Å². The zero-order chi connectivity index (χ0) is 20.9. The maximum Gasteiger partial charge on any atom is 0.243 e. The smallest absolute Gasteiger partial charge is 0.243 e. The molecule has 0 radical (unpaired) electrons. The van der Waals surface area contributed by atoms with Gasteiger partial charge in [0.15, 0.2) is 11.5 Å². The molecule has 3 aromatic carbocycles. The van der Waals surface area contributed by atoms with Crippen molar-refractivity contribution >= 4 is 21.6 Å². The summed E-state index contributed by atoms with van der Waals surface area (Å²) in [7, 11) is -0.832. The standard InChI is InChI=1S/C22H22ClNO4S/c1-27-21-12-11-20(14-22(21)28-2)29(25,26)24(15-17-7-4-3-5-8-17)16-18-9-6-10-19(23)13-18/h3-14H,15-16H2,1-2H3. The molecule has 3 aromatic rings. The van der Waals surface area contributed by atoms with Crippen LogP contribution >= 0.6 is 11.6 Å². The van der Waals surface area contributed by atoms with Gasteiger partial charge in [-0.1, -0.05) is 54.1 Å². The lowest BCUT2D eigenvalue weighted by molar-refractivity contribution is 0.353. The van der Waals surface area contributed by atoms with Crippen molar-refractivity contribution in [3.05, 3.63) is 88.9 Å². The summed E-state index contributed by atoms with van der Waals surface area (Å²) in [6.45, 7) is 0.413. The van der Waals surface area contributed by atoms with Crippen LogP contribution < -0.4 is 9.47 Å². The average molecular weight is 432 g/mol. The molecule has 5 nitrogen and oxygen atoms in total. The first-order valence-electron chi connectivity index (χ1n) is 8.94. The Balaban J connectivity index is 2.01. The van der Waals surface area contributed by atoms with Gasteiger partial charge in [-0.05, 0) is 35.4 Å². The zero-order valence-corrected chi connectivity index (χ0v) is 17.8. The van der Waals surface area contributed by atoms with E-state index in [0.717, 1.165) is 11.1 Å². The van der Waals surface area contributed by atoms with Gasteiger partial charge in [-0.15, -0.1) is 0 Å². The van der Waals surface area contributed by atoms with Crippen molar-refractivity contribution < 1.29 is 17.9 Å². The summed E-state index contributed by atoms with van der Waals surface area (Å²) < 4.78 is 38.9. The second-order valence-corrected chi connectivity index (χ2v) is 8.78. The minimum atomic E-state index is -3.81. The van der Waals surface area contributed by atoms with Crippen molar-refractivity contribution in [2.24, 2.45) is 0 Å². The first-order valence-corrected chi connectivity index (χ1v) is 10.8. The molecule has 0 spiro atoms. The fraction of sp³-hybridized carbons (Fsp3) is 0.182. The third-order valence-corrected chi connectivity index (χ3v) is 6.47. The van der Waals surface area contributed by atoms with E-state index in [-0.39, 0.29) is 18.0 Å². The Hall–Kier alpha value is -2.54. The van der Waals surface area contributed by atoms with Crippen LogP contribution in [-0.4, -0.2) is 26.9 Å². The Bertz CT molecular complexity index is 1070. The van der Waals surface area contributed by atoms with Crippen LogP contribution in [0.25, 0.3) is 0 Å². The third kappa shape index (κ3) is 5.09. The van der Waals surface area contributed by atoms with Crippen molar-refractivity contribution in [1.29, 1.82) is 0 Å². The van der Waals surface area contributed by atoms with Gasteiger partial charge >= 0.3 is 0 Å². The highest BCUT2D eigenvalue weighted by Crippen LogP contribution is 2.31. The Morgan fingerprint density at radius 2 is 1.45 bits per heavy atom. The number of hydrogen-bond donors (Lipinski definition) is 0. The highest BCUT2D eigenvalue weighted by atomic mass is 35.5. The number of benzene rings is 3. The number of halogens is 1. The van der Waals surface area contributed by atoms with Gasteiger partial charge in [-0.3, -0.25) is 0 Å². The number of methoxy groups -OCH3 is 2. The molecule has 0 heterocycles. The lowest BCUT2D eigenvalue weighted by Gasteiger charge is -2.23. The van der Waals surface area contributed by atoms with Gasteiger partial charge < -0.3 is 9.47 Å². The lowest BCUT2D eigenvalue weighted by atomic mass is 10.2. The van der Waals surface area contributed by atoms with Gasteiger partial charge in [-0.2, -0.15) is 4.31 Å². The molecule has 7 heteroatoms. The van der Waals surface area contributed by atoms with Crippen molar-refractivity contribution in [2.75, 3.05) is 14.2 Å². The lowest BCUT2D eigenvalue weighted by Crippen LogP contribution is -2.30. The molecule has 0 N–H and O–H groups in total. The van der Waals surface area contributed by atoms with Crippen LogP contribution in [0.2, 0.25) is 5.02 Å². The van der Waals surface area contributed by atoms with Gasteiger partial charge in [0.25, 0.3) is 0 Å². The molecule has 0 saturated heterocycles. The van der Waals surface area contributed by atoms with E-state index in [9.17, 15) is 8.42 Å². The first kappa shape index (κ1) is 21.2. The second kappa shape index (κ2) is 9.31. The molecular formula is C22H22ClNO4S. The minimum Gasteiger partial charge on any atom is -0.493 e. The molecule has 29 heavy (non-hydrogen) atoms. The van der Waals surface area contributed by atoms with E-state index in [1.807, 2.05) is 36.4 Å². The maximum atomic E-state index is 13.5. The molecule has 0 aliphatic carbocycles. The molecule has 152 valence electrons. The predicted molar refractivity (Wildman–Crippen MR) is 114 cm³/mol. The SMILES string of the molecule is COc1ccc(S(=O)(=O)N(Cc2ccccc2)Cc2cccc(Cl)c2)cc1OC. The van der Waals surface area contributed by atoms with Crippen LogP contribution in [0, 0.1) is 0 Å². The maximum absolute atomic E-state index is 13.5. The summed E-state index contributed by atoms with van der Waals surface area (Å²) in [6.07, 6.45) is 0. The molecule has 3 rings (SSSR count). The number of sulfonamides is 1. The molecule has 0 aliphatic rings. The second-order valence-electron chi connectivity index (χ2n) is 6.41. The molecular weight excluding hydrogens is 410 g/mol. The van der Waals surface area contributed by atoms with Crippen LogP contribution in [-0.2, 0) is 23.1 Å². The van der Waals surface area contributed by atoms with Crippen molar-refractivity contribution in [1.82, 2.24) is 4.31 Å². The summed E-state index contributed by atoms with van der Waals surface area (Å²) >= 11 is 6.09. The molecule has 0 aromatic heterocycles. The molecule has 0 saturated carbocycles. The van der Waals surface area contributed by atoms with Gasteiger partial charge in [-0.25, -0.2) is 8.42 Å². The topological polar surface area (TPSA) is 55.8 Å². The minimum absolute atomic E-state index is 0.133. The average Bonchev–Trinajstić information content (AvgIpc) is 2.73. The quantitative estimate of drug-likeness (QED) is 0.516. The van der Waals surface area contributed by atoms with Crippen molar-refractivity contribution in [3.8, 4) is 11.5 Å². The summed E-state index contributed by atoms with van der Waals surface area (Å²) in [6, 6.07) is 21.2. The van der Waals surface area contributed by atoms with E-state index in [0.29, 0.717) is 16.5 Å². The number of rotatable bonds is 8. The molecule has 0 fully saturated rings. The van der Waals surface area contributed by atoms with E-state index in [4.69, 9.17) is 21.1 Å². The number of nitrogens with zero attached hydrogens (tertiary/aromatic N) is 1. The normalized spacial score (nSPS) is 11.4. The third-order valence-electron chi connectivity index (χ3n) is 4.44. The summed E-state index contributed by atoms with van der Waals surface area (Å²) in [4.78, 5) is 0.133. The molecule has 0 amide bonds. The largest absolute Gasteiger partial charge is 0.493 e. The van der Waals surface area contributed by atoms with Gasteiger partial charge in [0.05, 0.1) is 19.1 Å². The first-order chi connectivity index (χ1) is 13.9.